The van der Waals surface area contributed by atoms with Gasteiger partial charge in [-0.25, -0.2) is 0 Å². The molecule has 1 aliphatic heterocycles. The van der Waals surface area contributed by atoms with Gasteiger partial charge in [0.1, 0.15) is 6.10 Å². The second kappa shape index (κ2) is 6.01. The lowest BCUT2D eigenvalue weighted by molar-refractivity contribution is -0.124. The van der Waals surface area contributed by atoms with Crippen molar-refractivity contribution in [3.8, 4) is 0 Å². The van der Waals surface area contributed by atoms with E-state index >= 15 is 0 Å². The fraction of sp³-hybridized carbons (Fsp3) is 0.533. The van der Waals surface area contributed by atoms with Crippen LogP contribution < -0.4 is 5.32 Å². The Kier molecular flexibility index (Phi) is 4.37. The predicted molar refractivity (Wildman–Crippen MR) is 72.8 cm³/mol. The van der Waals surface area contributed by atoms with Gasteiger partial charge < -0.3 is 10.1 Å². The van der Waals surface area contributed by atoms with Gasteiger partial charge >= 0.3 is 0 Å². The van der Waals surface area contributed by atoms with Gasteiger partial charge in [0.2, 0.25) is 0 Å². The number of amides is 1. The molecule has 1 N–H and O–H groups in total. The Morgan fingerprint density at radius 2 is 2.28 bits per heavy atom. The molecule has 0 unspecified atom stereocenters. The van der Waals surface area contributed by atoms with E-state index in [2.05, 4.69) is 25.2 Å². The number of benzene rings is 1. The third kappa shape index (κ3) is 2.91. The SMILES string of the molecule is CC[C@@H](C)c1ccccc1NC(=O)[C@@H]1CCCO1. The van der Waals surface area contributed by atoms with E-state index in [1.54, 1.807) is 0 Å². The first-order valence-corrected chi connectivity index (χ1v) is 6.73. The molecular weight excluding hydrogens is 226 g/mol. The minimum atomic E-state index is -0.269. The molecule has 0 aromatic heterocycles. The average molecular weight is 247 g/mol. The summed E-state index contributed by atoms with van der Waals surface area (Å²) in [5.74, 6) is 0.439. The molecule has 1 fully saturated rings. The topological polar surface area (TPSA) is 38.3 Å². The van der Waals surface area contributed by atoms with E-state index in [-0.39, 0.29) is 12.0 Å². The second-order valence-electron chi connectivity index (χ2n) is 4.89. The van der Waals surface area contributed by atoms with Crippen molar-refractivity contribution in [3.63, 3.8) is 0 Å². The van der Waals surface area contributed by atoms with Gasteiger partial charge in [0.15, 0.2) is 0 Å². The molecule has 1 aromatic rings. The average Bonchev–Trinajstić information content (AvgIpc) is 2.92. The van der Waals surface area contributed by atoms with Crippen LogP contribution in [0.15, 0.2) is 24.3 Å². The van der Waals surface area contributed by atoms with Crippen molar-refractivity contribution < 1.29 is 9.53 Å². The normalized spacial score (nSPS) is 20.7. The fourth-order valence-corrected chi connectivity index (χ4v) is 2.26. The summed E-state index contributed by atoms with van der Waals surface area (Å²) < 4.78 is 5.40. The molecule has 18 heavy (non-hydrogen) atoms. The summed E-state index contributed by atoms with van der Waals surface area (Å²) in [6.07, 6.45) is 2.60. The third-order valence-electron chi connectivity index (χ3n) is 3.58. The smallest absolute Gasteiger partial charge is 0.253 e. The van der Waals surface area contributed by atoms with Gasteiger partial charge in [-0.1, -0.05) is 32.0 Å². The van der Waals surface area contributed by atoms with E-state index in [0.717, 1.165) is 24.9 Å². The first kappa shape index (κ1) is 13.1. The highest BCUT2D eigenvalue weighted by Gasteiger charge is 2.24. The van der Waals surface area contributed by atoms with Gasteiger partial charge in [-0.05, 0) is 36.8 Å². The molecule has 2 rings (SSSR count). The van der Waals surface area contributed by atoms with E-state index < -0.39 is 0 Å². The van der Waals surface area contributed by atoms with Gasteiger partial charge in [0, 0.05) is 12.3 Å². The highest BCUT2D eigenvalue weighted by Crippen LogP contribution is 2.27. The van der Waals surface area contributed by atoms with Crippen LogP contribution in [0, 0.1) is 0 Å². The van der Waals surface area contributed by atoms with Gasteiger partial charge in [-0.2, -0.15) is 0 Å². The van der Waals surface area contributed by atoms with Crippen molar-refractivity contribution in [3.05, 3.63) is 29.8 Å². The molecule has 0 saturated carbocycles. The van der Waals surface area contributed by atoms with Crippen LogP contribution in [0.3, 0.4) is 0 Å². The predicted octanol–water partition coefficient (Wildman–Crippen LogP) is 3.32. The number of nitrogens with one attached hydrogen (secondary N) is 1. The van der Waals surface area contributed by atoms with E-state index in [1.165, 1.54) is 5.56 Å². The molecule has 2 atom stereocenters. The van der Waals surface area contributed by atoms with E-state index in [1.807, 2.05) is 18.2 Å². The Hall–Kier alpha value is -1.35. The molecule has 0 spiro atoms. The maximum absolute atomic E-state index is 12.0. The van der Waals surface area contributed by atoms with E-state index in [9.17, 15) is 4.79 Å². The van der Waals surface area contributed by atoms with Crippen molar-refractivity contribution >= 4 is 11.6 Å². The van der Waals surface area contributed by atoms with Crippen LogP contribution in [0.5, 0.6) is 0 Å². The standard InChI is InChI=1S/C15H21NO2/c1-3-11(2)12-7-4-5-8-13(12)16-15(17)14-9-6-10-18-14/h4-5,7-8,11,14H,3,6,9-10H2,1-2H3,(H,16,17)/t11-,14+/m1/s1. The lowest BCUT2D eigenvalue weighted by Gasteiger charge is -2.17. The third-order valence-corrected chi connectivity index (χ3v) is 3.58. The molecule has 3 nitrogen and oxygen atoms in total. The number of anilines is 1. The van der Waals surface area contributed by atoms with Crippen LogP contribution in [-0.4, -0.2) is 18.6 Å². The fourth-order valence-electron chi connectivity index (χ4n) is 2.26. The zero-order valence-electron chi connectivity index (χ0n) is 11.1. The quantitative estimate of drug-likeness (QED) is 0.886. The Morgan fingerprint density at radius 3 is 2.94 bits per heavy atom. The van der Waals surface area contributed by atoms with E-state index in [0.29, 0.717) is 12.5 Å². The Bertz CT molecular complexity index is 411. The summed E-state index contributed by atoms with van der Waals surface area (Å²) >= 11 is 0. The molecule has 1 aliphatic rings. The van der Waals surface area contributed by atoms with Crippen molar-refractivity contribution in [2.75, 3.05) is 11.9 Å². The van der Waals surface area contributed by atoms with Crippen molar-refractivity contribution in [2.24, 2.45) is 0 Å². The second-order valence-corrected chi connectivity index (χ2v) is 4.89. The molecule has 0 bridgehead atoms. The molecule has 1 aromatic carbocycles. The number of ether oxygens (including phenoxy) is 1. The number of rotatable bonds is 4. The number of para-hydroxylation sites is 1. The first-order chi connectivity index (χ1) is 8.72. The Labute approximate surface area is 109 Å². The number of carbonyl (C=O) groups excluding carboxylic acids is 1. The minimum absolute atomic E-state index is 0.0109. The van der Waals surface area contributed by atoms with Crippen molar-refractivity contribution in [1.29, 1.82) is 0 Å². The molecule has 1 saturated heterocycles. The highest BCUT2D eigenvalue weighted by molar-refractivity contribution is 5.95. The first-order valence-electron chi connectivity index (χ1n) is 6.73. The molecule has 1 amide bonds. The molecule has 0 aliphatic carbocycles. The number of carbonyl (C=O) groups is 1. The van der Waals surface area contributed by atoms with Crippen molar-refractivity contribution in [1.82, 2.24) is 0 Å². The van der Waals surface area contributed by atoms with Crippen LogP contribution in [0.25, 0.3) is 0 Å². The monoisotopic (exact) mass is 247 g/mol. The number of hydrogen-bond donors (Lipinski definition) is 1. The highest BCUT2D eigenvalue weighted by atomic mass is 16.5. The van der Waals surface area contributed by atoms with Crippen LogP contribution in [0.4, 0.5) is 5.69 Å². The largest absolute Gasteiger partial charge is 0.368 e. The molecule has 0 radical (unpaired) electrons. The van der Waals surface area contributed by atoms with Gasteiger partial charge in [-0.3, -0.25) is 4.79 Å². The molecular formula is C15H21NO2. The summed E-state index contributed by atoms with van der Waals surface area (Å²) in [6.45, 7) is 5.03. The lowest BCUT2D eigenvalue weighted by atomic mass is 9.97. The van der Waals surface area contributed by atoms with Gasteiger partial charge in [0.05, 0.1) is 0 Å². The van der Waals surface area contributed by atoms with Crippen LogP contribution >= 0.6 is 0 Å². The summed E-state index contributed by atoms with van der Waals surface area (Å²) in [6, 6.07) is 8.02. The molecule has 1 heterocycles. The summed E-state index contributed by atoms with van der Waals surface area (Å²) in [5.41, 5.74) is 2.12. The van der Waals surface area contributed by atoms with Crippen LogP contribution in [-0.2, 0) is 9.53 Å². The number of hydrogen-bond acceptors (Lipinski definition) is 2. The lowest BCUT2D eigenvalue weighted by Crippen LogP contribution is -2.27. The molecule has 98 valence electrons. The summed E-state index contributed by atoms with van der Waals surface area (Å²) in [5, 5.41) is 3.00. The molecule has 3 heteroatoms. The van der Waals surface area contributed by atoms with Crippen LogP contribution in [0.1, 0.15) is 44.6 Å². The zero-order chi connectivity index (χ0) is 13.0. The van der Waals surface area contributed by atoms with E-state index in [4.69, 9.17) is 4.74 Å². The maximum atomic E-state index is 12.0. The van der Waals surface area contributed by atoms with Crippen molar-refractivity contribution in [2.45, 2.75) is 45.1 Å². The zero-order valence-corrected chi connectivity index (χ0v) is 11.1. The van der Waals surface area contributed by atoms with Crippen LogP contribution in [0.2, 0.25) is 0 Å². The van der Waals surface area contributed by atoms with Gasteiger partial charge in [0.25, 0.3) is 5.91 Å². The minimum Gasteiger partial charge on any atom is -0.368 e. The maximum Gasteiger partial charge on any atom is 0.253 e. The summed E-state index contributed by atoms with van der Waals surface area (Å²) in [7, 11) is 0. The van der Waals surface area contributed by atoms with Gasteiger partial charge in [-0.15, -0.1) is 0 Å². The summed E-state index contributed by atoms with van der Waals surface area (Å²) in [4.78, 5) is 12.0. The Morgan fingerprint density at radius 1 is 1.50 bits per heavy atom. The Balaban J connectivity index is 2.10.